The molecule has 0 aliphatic carbocycles. The quantitative estimate of drug-likeness (QED) is 0.802. The Morgan fingerprint density at radius 2 is 1.92 bits per heavy atom. The van der Waals surface area contributed by atoms with Crippen LogP contribution in [0.1, 0.15) is 34.5 Å². The van der Waals surface area contributed by atoms with Crippen LogP contribution in [0.5, 0.6) is 5.75 Å². The van der Waals surface area contributed by atoms with Gasteiger partial charge in [0.05, 0.1) is 12.8 Å². The number of likely N-dealkylation sites (tertiary alicyclic amines) is 1. The molecule has 5 heteroatoms. The molecule has 0 bridgehead atoms. The van der Waals surface area contributed by atoms with Crippen LogP contribution in [0.4, 0.5) is 0 Å². The standard InChI is InChI=1S/C19H22N2O2S/c1-23-18-8-9-20-17(12-18)14-24-13-15-4-6-16(7-5-15)19(22)21-10-2-3-11-21/h4-9,12H,2-3,10-11,13-14H2,1H3. The van der Waals surface area contributed by atoms with Gasteiger partial charge in [0, 0.05) is 42.4 Å². The van der Waals surface area contributed by atoms with E-state index in [0.29, 0.717) is 0 Å². The summed E-state index contributed by atoms with van der Waals surface area (Å²) in [7, 11) is 1.66. The molecule has 1 saturated heterocycles. The fraction of sp³-hybridized carbons (Fsp3) is 0.368. The normalized spacial score (nSPS) is 14.0. The lowest BCUT2D eigenvalue weighted by molar-refractivity contribution is 0.0793. The van der Waals surface area contributed by atoms with Crippen molar-refractivity contribution in [3.05, 3.63) is 59.4 Å². The maximum absolute atomic E-state index is 12.3. The molecule has 24 heavy (non-hydrogen) atoms. The predicted octanol–water partition coefficient (Wildman–Crippen LogP) is 3.76. The van der Waals surface area contributed by atoms with E-state index in [1.54, 1.807) is 25.1 Å². The zero-order chi connectivity index (χ0) is 16.8. The van der Waals surface area contributed by atoms with E-state index >= 15 is 0 Å². The number of thioether (sulfide) groups is 1. The molecule has 1 amide bonds. The van der Waals surface area contributed by atoms with Crippen molar-refractivity contribution in [2.45, 2.75) is 24.3 Å². The smallest absolute Gasteiger partial charge is 0.253 e. The van der Waals surface area contributed by atoms with Gasteiger partial charge in [0.1, 0.15) is 5.75 Å². The molecule has 4 nitrogen and oxygen atoms in total. The number of ether oxygens (including phenoxy) is 1. The minimum atomic E-state index is 0.160. The number of nitrogens with zero attached hydrogens (tertiary/aromatic N) is 2. The van der Waals surface area contributed by atoms with E-state index in [2.05, 4.69) is 17.1 Å². The van der Waals surface area contributed by atoms with E-state index in [1.165, 1.54) is 5.56 Å². The monoisotopic (exact) mass is 342 g/mol. The highest BCUT2D eigenvalue weighted by molar-refractivity contribution is 7.97. The summed E-state index contributed by atoms with van der Waals surface area (Å²) in [5, 5.41) is 0. The van der Waals surface area contributed by atoms with Gasteiger partial charge in [0.15, 0.2) is 0 Å². The van der Waals surface area contributed by atoms with Gasteiger partial charge in [-0.25, -0.2) is 0 Å². The van der Waals surface area contributed by atoms with Gasteiger partial charge in [0.2, 0.25) is 0 Å². The molecule has 2 aromatic rings. The van der Waals surface area contributed by atoms with Crippen LogP contribution in [0, 0.1) is 0 Å². The number of pyridine rings is 1. The van der Waals surface area contributed by atoms with Crippen LogP contribution in [-0.4, -0.2) is 36.0 Å². The van der Waals surface area contributed by atoms with Crippen LogP contribution in [0.2, 0.25) is 0 Å². The minimum absolute atomic E-state index is 0.160. The molecule has 0 radical (unpaired) electrons. The van der Waals surface area contributed by atoms with Crippen molar-refractivity contribution in [2.75, 3.05) is 20.2 Å². The van der Waals surface area contributed by atoms with Crippen LogP contribution < -0.4 is 4.74 Å². The van der Waals surface area contributed by atoms with E-state index in [4.69, 9.17) is 4.74 Å². The summed E-state index contributed by atoms with van der Waals surface area (Å²) in [5.41, 5.74) is 3.03. The molecule has 1 fully saturated rings. The molecule has 0 unspecified atom stereocenters. The molecule has 0 atom stereocenters. The number of carbonyl (C=O) groups excluding carboxylic acids is 1. The van der Waals surface area contributed by atoms with E-state index in [0.717, 1.165) is 54.4 Å². The summed E-state index contributed by atoms with van der Waals surface area (Å²) in [4.78, 5) is 18.6. The topological polar surface area (TPSA) is 42.4 Å². The van der Waals surface area contributed by atoms with Crippen molar-refractivity contribution in [2.24, 2.45) is 0 Å². The van der Waals surface area contributed by atoms with Gasteiger partial charge >= 0.3 is 0 Å². The second kappa shape index (κ2) is 8.20. The molecular formula is C19H22N2O2S. The Hall–Kier alpha value is -2.01. The first-order chi connectivity index (χ1) is 11.8. The minimum Gasteiger partial charge on any atom is -0.497 e. The highest BCUT2D eigenvalue weighted by Crippen LogP contribution is 2.20. The summed E-state index contributed by atoms with van der Waals surface area (Å²) in [6.07, 6.45) is 4.02. The molecular weight excluding hydrogens is 320 g/mol. The van der Waals surface area contributed by atoms with E-state index in [1.807, 2.05) is 29.2 Å². The molecule has 0 saturated carbocycles. The Balaban J connectivity index is 1.51. The largest absolute Gasteiger partial charge is 0.497 e. The highest BCUT2D eigenvalue weighted by atomic mass is 32.2. The van der Waals surface area contributed by atoms with E-state index in [-0.39, 0.29) is 5.91 Å². The van der Waals surface area contributed by atoms with Crippen molar-refractivity contribution < 1.29 is 9.53 Å². The zero-order valence-electron chi connectivity index (χ0n) is 13.9. The summed E-state index contributed by atoms with van der Waals surface area (Å²) < 4.78 is 5.21. The molecule has 0 spiro atoms. The van der Waals surface area contributed by atoms with Gasteiger partial charge in [-0.2, -0.15) is 11.8 Å². The number of rotatable bonds is 6. The van der Waals surface area contributed by atoms with Crippen molar-refractivity contribution in [1.82, 2.24) is 9.88 Å². The number of aromatic nitrogens is 1. The third kappa shape index (κ3) is 4.29. The Morgan fingerprint density at radius 1 is 1.17 bits per heavy atom. The first kappa shape index (κ1) is 16.8. The van der Waals surface area contributed by atoms with E-state index in [9.17, 15) is 4.79 Å². The molecule has 1 aromatic heterocycles. The maximum Gasteiger partial charge on any atom is 0.253 e. The number of benzene rings is 1. The Kier molecular flexibility index (Phi) is 5.75. The number of hydrogen-bond acceptors (Lipinski definition) is 4. The predicted molar refractivity (Wildman–Crippen MR) is 97.4 cm³/mol. The van der Waals surface area contributed by atoms with Crippen LogP contribution in [0.15, 0.2) is 42.6 Å². The average Bonchev–Trinajstić information content (AvgIpc) is 3.16. The van der Waals surface area contributed by atoms with Crippen LogP contribution in [0.25, 0.3) is 0 Å². The third-order valence-corrected chi connectivity index (χ3v) is 5.17. The Morgan fingerprint density at radius 3 is 2.62 bits per heavy atom. The van der Waals surface area contributed by atoms with E-state index < -0.39 is 0 Å². The molecule has 1 aliphatic heterocycles. The molecule has 1 aromatic carbocycles. The lowest BCUT2D eigenvalue weighted by atomic mass is 10.1. The van der Waals surface area contributed by atoms with Crippen molar-refractivity contribution >= 4 is 17.7 Å². The van der Waals surface area contributed by atoms with Crippen molar-refractivity contribution in [1.29, 1.82) is 0 Å². The number of carbonyl (C=O) groups is 1. The summed E-state index contributed by atoms with van der Waals surface area (Å²) in [6, 6.07) is 11.8. The summed E-state index contributed by atoms with van der Waals surface area (Å²) in [5.74, 6) is 2.74. The lowest BCUT2D eigenvalue weighted by Crippen LogP contribution is -2.27. The second-order valence-corrected chi connectivity index (χ2v) is 6.86. The SMILES string of the molecule is COc1ccnc(CSCc2ccc(C(=O)N3CCCC3)cc2)c1. The van der Waals surface area contributed by atoms with Crippen molar-refractivity contribution in [3.63, 3.8) is 0 Å². The van der Waals surface area contributed by atoms with Gasteiger partial charge in [0.25, 0.3) is 5.91 Å². The number of methoxy groups -OCH3 is 1. The molecule has 1 aliphatic rings. The summed E-state index contributed by atoms with van der Waals surface area (Å²) in [6.45, 7) is 1.79. The maximum atomic E-state index is 12.3. The second-order valence-electron chi connectivity index (χ2n) is 5.88. The fourth-order valence-corrected chi connectivity index (χ4v) is 3.68. The third-order valence-electron chi connectivity index (χ3n) is 4.14. The molecule has 0 N–H and O–H groups in total. The fourth-order valence-electron chi connectivity index (χ4n) is 2.78. The number of amides is 1. The average molecular weight is 342 g/mol. The van der Waals surface area contributed by atoms with Crippen LogP contribution >= 0.6 is 11.8 Å². The van der Waals surface area contributed by atoms with Gasteiger partial charge in [-0.1, -0.05) is 12.1 Å². The summed E-state index contributed by atoms with van der Waals surface area (Å²) >= 11 is 1.80. The Bertz CT molecular complexity index is 682. The van der Waals surface area contributed by atoms with Crippen LogP contribution in [0.3, 0.4) is 0 Å². The first-order valence-electron chi connectivity index (χ1n) is 8.21. The Labute approximate surface area is 147 Å². The van der Waals surface area contributed by atoms with Gasteiger partial charge in [-0.05, 0) is 36.6 Å². The molecule has 3 rings (SSSR count). The number of hydrogen-bond donors (Lipinski definition) is 0. The highest BCUT2D eigenvalue weighted by Gasteiger charge is 2.19. The van der Waals surface area contributed by atoms with Gasteiger partial charge in [-0.15, -0.1) is 0 Å². The lowest BCUT2D eigenvalue weighted by Gasteiger charge is -2.15. The molecule has 126 valence electrons. The van der Waals surface area contributed by atoms with Crippen LogP contribution in [-0.2, 0) is 11.5 Å². The first-order valence-corrected chi connectivity index (χ1v) is 9.36. The van der Waals surface area contributed by atoms with Gasteiger partial charge < -0.3 is 9.64 Å². The molecule has 2 heterocycles. The van der Waals surface area contributed by atoms with Gasteiger partial charge in [-0.3, -0.25) is 9.78 Å². The zero-order valence-corrected chi connectivity index (χ0v) is 14.7. The van der Waals surface area contributed by atoms with Crippen molar-refractivity contribution in [3.8, 4) is 5.75 Å².